The summed E-state index contributed by atoms with van der Waals surface area (Å²) in [6.45, 7) is 15.1. The van der Waals surface area contributed by atoms with Gasteiger partial charge in [0.15, 0.2) is 11.5 Å². The molecule has 3 aromatic rings. The van der Waals surface area contributed by atoms with Crippen LogP contribution in [0.2, 0.25) is 0 Å². The summed E-state index contributed by atoms with van der Waals surface area (Å²) in [6.07, 6.45) is 0. The molecule has 1 fully saturated rings. The van der Waals surface area contributed by atoms with Gasteiger partial charge in [-0.15, -0.1) is 0 Å². The standard InChI is InChI=1S/C30H41N7O3/c1-8-40-24-15-19(4)23(16-22(24)18(2)3)33-28-25(31)26(27(32)38)34-29(35-28)36-13-14-37(30(5,6)17-36)20-9-11-21(39-7)12-10-20/h9-12,15-16,18H,8,13-14,17,31H2,1-7H3,(H2,32,38)(H,33,34,35). The zero-order valence-electron chi connectivity index (χ0n) is 24.5. The average molecular weight is 548 g/mol. The zero-order valence-corrected chi connectivity index (χ0v) is 24.5. The number of carbonyl (C=O) groups excluding carboxylic acids is 1. The maximum absolute atomic E-state index is 12.4. The Morgan fingerprint density at radius 3 is 2.42 bits per heavy atom. The highest BCUT2D eigenvalue weighted by Crippen LogP contribution is 2.36. The molecule has 0 unspecified atom stereocenters. The summed E-state index contributed by atoms with van der Waals surface area (Å²) in [7, 11) is 1.66. The lowest BCUT2D eigenvalue weighted by molar-refractivity contribution is 0.0996. The van der Waals surface area contributed by atoms with Gasteiger partial charge in [-0.2, -0.15) is 4.98 Å². The van der Waals surface area contributed by atoms with Crippen molar-refractivity contribution in [3.63, 3.8) is 0 Å². The Balaban J connectivity index is 1.67. The van der Waals surface area contributed by atoms with Crippen molar-refractivity contribution in [1.29, 1.82) is 0 Å². The Kier molecular flexibility index (Phi) is 8.27. The molecular formula is C30H41N7O3. The Morgan fingerprint density at radius 2 is 1.85 bits per heavy atom. The number of methoxy groups -OCH3 is 1. The average Bonchev–Trinajstić information content (AvgIpc) is 2.90. The van der Waals surface area contributed by atoms with E-state index in [1.54, 1.807) is 7.11 Å². The van der Waals surface area contributed by atoms with Crippen molar-refractivity contribution in [1.82, 2.24) is 9.97 Å². The van der Waals surface area contributed by atoms with E-state index >= 15 is 0 Å². The van der Waals surface area contributed by atoms with E-state index in [1.807, 2.05) is 38.1 Å². The quantitative estimate of drug-likeness (QED) is 0.344. The van der Waals surface area contributed by atoms with Crippen LogP contribution in [0.4, 0.5) is 28.8 Å². The summed E-state index contributed by atoms with van der Waals surface area (Å²) in [5.74, 6) is 1.96. The summed E-state index contributed by atoms with van der Waals surface area (Å²) in [6, 6.07) is 12.1. The molecule has 1 aliphatic rings. The van der Waals surface area contributed by atoms with Gasteiger partial charge in [-0.25, -0.2) is 4.98 Å². The number of piperazine rings is 1. The van der Waals surface area contributed by atoms with E-state index in [-0.39, 0.29) is 22.8 Å². The van der Waals surface area contributed by atoms with Crippen LogP contribution >= 0.6 is 0 Å². The molecule has 1 aliphatic heterocycles. The molecule has 40 heavy (non-hydrogen) atoms. The van der Waals surface area contributed by atoms with E-state index in [9.17, 15) is 4.79 Å². The lowest BCUT2D eigenvalue weighted by atomic mass is 9.97. The summed E-state index contributed by atoms with van der Waals surface area (Å²) >= 11 is 0. The van der Waals surface area contributed by atoms with Gasteiger partial charge in [0.25, 0.3) is 5.91 Å². The molecule has 10 nitrogen and oxygen atoms in total. The molecule has 0 radical (unpaired) electrons. The monoisotopic (exact) mass is 547 g/mol. The topological polar surface area (TPSA) is 132 Å². The van der Waals surface area contributed by atoms with Crippen LogP contribution in [0.1, 0.15) is 62.2 Å². The number of benzene rings is 2. The van der Waals surface area contributed by atoms with Crippen LogP contribution in [-0.2, 0) is 0 Å². The van der Waals surface area contributed by atoms with Gasteiger partial charge in [-0.3, -0.25) is 4.79 Å². The van der Waals surface area contributed by atoms with E-state index in [1.165, 1.54) is 0 Å². The Hall–Kier alpha value is -4.21. The first-order chi connectivity index (χ1) is 18.9. The van der Waals surface area contributed by atoms with Crippen molar-refractivity contribution in [2.75, 3.05) is 54.2 Å². The summed E-state index contributed by atoms with van der Waals surface area (Å²) < 4.78 is 11.2. The van der Waals surface area contributed by atoms with E-state index in [4.69, 9.17) is 25.9 Å². The third kappa shape index (κ3) is 5.85. The number of amides is 1. The number of aryl methyl sites for hydroxylation is 1. The van der Waals surface area contributed by atoms with Gasteiger partial charge in [0.1, 0.15) is 17.2 Å². The fourth-order valence-electron chi connectivity index (χ4n) is 5.14. The van der Waals surface area contributed by atoms with Crippen molar-refractivity contribution >= 4 is 34.7 Å². The predicted molar refractivity (Wildman–Crippen MR) is 161 cm³/mol. The van der Waals surface area contributed by atoms with E-state index in [2.05, 4.69) is 59.9 Å². The lowest BCUT2D eigenvalue weighted by Gasteiger charge is -2.48. The SMILES string of the molecule is CCOc1cc(C)c(Nc2nc(N3CCN(c4ccc(OC)cc4)C(C)(C)C3)nc(C(N)=O)c2N)cc1C(C)C. The fourth-order valence-corrected chi connectivity index (χ4v) is 5.14. The molecule has 2 heterocycles. The Morgan fingerprint density at radius 1 is 1.15 bits per heavy atom. The number of hydrogen-bond donors (Lipinski definition) is 3. The molecule has 214 valence electrons. The van der Waals surface area contributed by atoms with Crippen molar-refractivity contribution in [3.8, 4) is 11.5 Å². The first kappa shape index (κ1) is 28.8. The number of nitrogens with zero attached hydrogens (tertiary/aromatic N) is 4. The molecule has 0 spiro atoms. The minimum atomic E-state index is -0.702. The highest BCUT2D eigenvalue weighted by atomic mass is 16.5. The number of nitrogens with two attached hydrogens (primary N) is 2. The van der Waals surface area contributed by atoms with Crippen molar-refractivity contribution in [2.24, 2.45) is 5.73 Å². The third-order valence-electron chi connectivity index (χ3n) is 7.27. The molecule has 0 bridgehead atoms. The van der Waals surface area contributed by atoms with Gasteiger partial charge < -0.3 is 36.1 Å². The predicted octanol–water partition coefficient (Wildman–Crippen LogP) is 4.85. The normalized spacial score (nSPS) is 14.8. The first-order valence-corrected chi connectivity index (χ1v) is 13.6. The summed E-state index contributed by atoms with van der Waals surface area (Å²) in [5, 5.41) is 3.36. The van der Waals surface area contributed by atoms with E-state index in [0.717, 1.165) is 40.5 Å². The third-order valence-corrected chi connectivity index (χ3v) is 7.27. The van der Waals surface area contributed by atoms with E-state index < -0.39 is 5.91 Å². The fraction of sp³-hybridized carbons (Fsp3) is 0.433. The molecule has 2 aromatic carbocycles. The van der Waals surface area contributed by atoms with Gasteiger partial charge in [0.2, 0.25) is 5.95 Å². The highest BCUT2D eigenvalue weighted by Gasteiger charge is 2.35. The maximum atomic E-state index is 12.4. The second kappa shape index (κ2) is 11.5. The number of carbonyl (C=O) groups is 1. The Labute approximate surface area is 236 Å². The minimum absolute atomic E-state index is 0.00411. The van der Waals surface area contributed by atoms with Gasteiger partial charge in [0.05, 0.1) is 19.3 Å². The largest absolute Gasteiger partial charge is 0.497 e. The van der Waals surface area contributed by atoms with E-state index in [0.29, 0.717) is 31.5 Å². The number of anilines is 5. The molecular weight excluding hydrogens is 506 g/mol. The smallest absolute Gasteiger partial charge is 0.269 e. The molecule has 10 heteroatoms. The minimum Gasteiger partial charge on any atom is -0.497 e. The van der Waals surface area contributed by atoms with Crippen LogP contribution in [0.3, 0.4) is 0 Å². The lowest BCUT2D eigenvalue weighted by Crippen LogP contribution is -2.60. The molecule has 1 aromatic heterocycles. The van der Waals surface area contributed by atoms with Crippen molar-refractivity contribution < 1.29 is 14.3 Å². The van der Waals surface area contributed by atoms with Crippen LogP contribution in [-0.4, -0.2) is 54.8 Å². The number of primary amides is 1. The second-order valence-electron chi connectivity index (χ2n) is 11.0. The molecule has 4 rings (SSSR count). The molecule has 0 atom stereocenters. The molecule has 1 amide bonds. The molecule has 0 aliphatic carbocycles. The molecule has 0 saturated carbocycles. The number of hydrogen-bond acceptors (Lipinski definition) is 9. The first-order valence-electron chi connectivity index (χ1n) is 13.6. The summed E-state index contributed by atoms with van der Waals surface area (Å²) in [4.78, 5) is 26.1. The number of rotatable bonds is 9. The van der Waals surface area contributed by atoms with Gasteiger partial charge >= 0.3 is 0 Å². The maximum Gasteiger partial charge on any atom is 0.269 e. The Bertz CT molecular complexity index is 1370. The van der Waals surface area contributed by atoms with Crippen molar-refractivity contribution in [2.45, 2.75) is 53.0 Å². The number of nitrogen functional groups attached to an aromatic ring is 1. The van der Waals surface area contributed by atoms with Crippen LogP contribution < -0.4 is 36.1 Å². The van der Waals surface area contributed by atoms with Gasteiger partial charge in [0, 0.05) is 31.0 Å². The number of ether oxygens (including phenoxy) is 2. The van der Waals surface area contributed by atoms with Crippen LogP contribution in [0.15, 0.2) is 36.4 Å². The van der Waals surface area contributed by atoms with Crippen LogP contribution in [0, 0.1) is 6.92 Å². The highest BCUT2D eigenvalue weighted by molar-refractivity contribution is 5.99. The van der Waals surface area contributed by atoms with Crippen molar-refractivity contribution in [3.05, 3.63) is 53.2 Å². The van der Waals surface area contributed by atoms with Gasteiger partial charge in [-0.05, 0) is 81.1 Å². The molecule has 1 saturated heterocycles. The van der Waals surface area contributed by atoms with Crippen LogP contribution in [0.25, 0.3) is 0 Å². The number of aromatic nitrogens is 2. The van der Waals surface area contributed by atoms with Gasteiger partial charge in [-0.1, -0.05) is 13.8 Å². The van der Waals surface area contributed by atoms with Crippen LogP contribution in [0.5, 0.6) is 11.5 Å². The molecule has 5 N–H and O–H groups in total. The summed E-state index contributed by atoms with van der Waals surface area (Å²) in [5.41, 5.74) is 15.9. The zero-order chi connectivity index (χ0) is 29.2. The second-order valence-corrected chi connectivity index (χ2v) is 11.0. The number of nitrogens with one attached hydrogen (secondary N) is 1.